The number of halogens is 3. The first-order valence-corrected chi connectivity index (χ1v) is 11.3. The second-order valence-electron chi connectivity index (χ2n) is 9.24. The number of fused-ring (bicyclic) bond motifs is 1. The van der Waals surface area contributed by atoms with Crippen molar-refractivity contribution >= 4 is 23.1 Å². The van der Waals surface area contributed by atoms with Crippen LogP contribution < -0.4 is 15.4 Å². The summed E-state index contributed by atoms with van der Waals surface area (Å²) < 4.78 is 44.1. The maximum atomic E-state index is 13.0. The lowest BCUT2D eigenvalue weighted by Crippen LogP contribution is -2.43. The van der Waals surface area contributed by atoms with Gasteiger partial charge in [0.15, 0.2) is 5.78 Å². The first-order valence-electron chi connectivity index (χ1n) is 11.3. The molecule has 3 aromatic rings. The minimum atomic E-state index is -4.54. The summed E-state index contributed by atoms with van der Waals surface area (Å²) in [5.74, 6) is -0.226. The van der Waals surface area contributed by atoms with E-state index in [2.05, 4.69) is 24.5 Å². The standard InChI is InChI=1S/C28H25F3N2O3/c1-27(2)16-19-9-12-22(36-3)14-23(19)24(33-27)15-25(34)17-7-10-21(11-8-17)32-26(35)18-5-4-6-20(13-18)28(29,30)31/h4-15,33H,16H2,1-3H3,(H,32,35). The van der Waals surface area contributed by atoms with Crippen molar-refractivity contribution in [1.29, 1.82) is 0 Å². The molecule has 1 heterocycles. The van der Waals surface area contributed by atoms with E-state index in [9.17, 15) is 22.8 Å². The normalized spacial score (nSPS) is 15.6. The number of methoxy groups -OCH3 is 1. The van der Waals surface area contributed by atoms with Crippen LogP contribution in [0.1, 0.15) is 51.3 Å². The highest BCUT2D eigenvalue weighted by atomic mass is 19.4. The van der Waals surface area contributed by atoms with Crippen LogP contribution in [0.2, 0.25) is 0 Å². The summed E-state index contributed by atoms with van der Waals surface area (Å²) in [5, 5.41) is 5.98. The number of nitrogens with one attached hydrogen (secondary N) is 2. The minimum Gasteiger partial charge on any atom is -0.497 e. The Morgan fingerprint density at radius 3 is 2.39 bits per heavy atom. The fourth-order valence-electron chi connectivity index (χ4n) is 4.13. The van der Waals surface area contributed by atoms with Crippen LogP contribution in [0.3, 0.4) is 0 Å². The van der Waals surface area contributed by atoms with Crippen molar-refractivity contribution in [3.8, 4) is 5.75 Å². The Morgan fingerprint density at radius 2 is 1.72 bits per heavy atom. The molecule has 3 aromatic carbocycles. The molecule has 0 saturated carbocycles. The number of carbonyl (C=O) groups excluding carboxylic acids is 2. The number of benzene rings is 3. The van der Waals surface area contributed by atoms with Crippen LogP contribution in [-0.2, 0) is 12.6 Å². The lowest BCUT2D eigenvalue weighted by Gasteiger charge is -2.35. The van der Waals surface area contributed by atoms with E-state index >= 15 is 0 Å². The number of rotatable bonds is 5. The second kappa shape index (κ2) is 9.53. The van der Waals surface area contributed by atoms with E-state index in [1.54, 1.807) is 19.2 Å². The van der Waals surface area contributed by atoms with E-state index in [1.165, 1.54) is 30.3 Å². The van der Waals surface area contributed by atoms with E-state index in [0.29, 0.717) is 22.7 Å². The molecule has 0 spiro atoms. The summed E-state index contributed by atoms with van der Waals surface area (Å²) in [6.45, 7) is 4.11. The zero-order valence-electron chi connectivity index (χ0n) is 20.0. The Balaban J connectivity index is 1.52. The van der Waals surface area contributed by atoms with Gasteiger partial charge in [-0.2, -0.15) is 13.2 Å². The number of ether oxygens (including phenoxy) is 1. The van der Waals surface area contributed by atoms with Crippen molar-refractivity contribution in [2.75, 3.05) is 12.4 Å². The van der Waals surface area contributed by atoms with Crippen molar-refractivity contribution in [3.05, 3.63) is 101 Å². The van der Waals surface area contributed by atoms with Gasteiger partial charge in [0.05, 0.1) is 12.7 Å². The third-order valence-corrected chi connectivity index (χ3v) is 5.87. The summed E-state index contributed by atoms with van der Waals surface area (Å²) >= 11 is 0. The number of carbonyl (C=O) groups is 2. The molecule has 0 aliphatic carbocycles. The molecule has 5 nitrogen and oxygen atoms in total. The summed E-state index contributed by atoms with van der Waals surface area (Å²) in [5.41, 5.74) is 2.18. The number of allylic oxidation sites excluding steroid dienone is 1. The van der Waals surface area contributed by atoms with Crippen molar-refractivity contribution in [2.24, 2.45) is 0 Å². The topological polar surface area (TPSA) is 67.4 Å². The molecule has 8 heteroatoms. The number of amides is 1. The van der Waals surface area contributed by atoms with E-state index in [1.807, 2.05) is 18.2 Å². The highest BCUT2D eigenvalue weighted by Gasteiger charge is 2.31. The van der Waals surface area contributed by atoms with Gasteiger partial charge in [-0.1, -0.05) is 12.1 Å². The number of anilines is 1. The molecule has 36 heavy (non-hydrogen) atoms. The smallest absolute Gasteiger partial charge is 0.416 e. The molecule has 2 N–H and O–H groups in total. The van der Waals surface area contributed by atoms with E-state index in [-0.39, 0.29) is 16.9 Å². The SMILES string of the molecule is COc1ccc2c(c1)C(=CC(=O)c1ccc(NC(=O)c3cccc(C(F)(F)F)c3)cc1)NC(C)(C)C2. The molecule has 0 unspecified atom stereocenters. The molecule has 0 atom stereocenters. The molecular formula is C28H25F3N2O3. The molecule has 1 amide bonds. The maximum absolute atomic E-state index is 13.0. The molecule has 1 aliphatic heterocycles. The van der Waals surface area contributed by atoms with Gasteiger partial charge in [0.1, 0.15) is 5.75 Å². The molecule has 0 aromatic heterocycles. The van der Waals surface area contributed by atoms with Crippen molar-refractivity contribution in [3.63, 3.8) is 0 Å². The summed E-state index contributed by atoms with van der Waals surface area (Å²) in [6, 6.07) is 16.2. The Morgan fingerprint density at radius 1 is 1.00 bits per heavy atom. The third-order valence-electron chi connectivity index (χ3n) is 5.87. The first-order chi connectivity index (χ1) is 16.9. The van der Waals surface area contributed by atoms with Crippen LogP contribution in [0, 0.1) is 0 Å². The van der Waals surface area contributed by atoms with Crippen molar-refractivity contribution in [1.82, 2.24) is 5.32 Å². The van der Waals surface area contributed by atoms with Gasteiger partial charge in [0.2, 0.25) is 0 Å². The van der Waals surface area contributed by atoms with E-state index in [0.717, 1.165) is 29.7 Å². The summed E-state index contributed by atoms with van der Waals surface area (Å²) in [4.78, 5) is 25.5. The van der Waals surface area contributed by atoms with Crippen LogP contribution in [0.4, 0.5) is 18.9 Å². The van der Waals surface area contributed by atoms with Crippen LogP contribution >= 0.6 is 0 Å². The largest absolute Gasteiger partial charge is 0.497 e. The lowest BCUT2D eigenvalue weighted by molar-refractivity contribution is -0.137. The zero-order chi connectivity index (χ0) is 26.1. The van der Waals surface area contributed by atoms with Gasteiger partial charge in [-0.05, 0) is 80.4 Å². The minimum absolute atomic E-state index is 0.116. The molecule has 0 saturated heterocycles. The van der Waals surface area contributed by atoms with Crippen LogP contribution in [0.25, 0.3) is 5.70 Å². The van der Waals surface area contributed by atoms with Crippen molar-refractivity contribution in [2.45, 2.75) is 32.0 Å². The number of hydrogen-bond donors (Lipinski definition) is 2. The Hall–Kier alpha value is -4.07. The van der Waals surface area contributed by atoms with Crippen LogP contribution in [0.5, 0.6) is 5.75 Å². The van der Waals surface area contributed by atoms with Gasteiger partial charge >= 0.3 is 6.18 Å². The molecule has 0 bridgehead atoms. The van der Waals surface area contributed by atoms with Gasteiger partial charge in [-0.15, -0.1) is 0 Å². The Bertz CT molecular complexity index is 1340. The van der Waals surface area contributed by atoms with Crippen LogP contribution in [0.15, 0.2) is 72.8 Å². The van der Waals surface area contributed by atoms with E-state index in [4.69, 9.17) is 4.74 Å². The summed E-state index contributed by atoms with van der Waals surface area (Å²) in [6.07, 6.45) is -2.21. The molecular weight excluding hydrogens is 469 g/mol. The monoisotopic (exact) mass is 494 g/mol. The van der Waals surface area contributed by atoms with Gasteiger partial charge < -0.3 is 15.4 Å². The predicted octanol–water partition coefficient (Wildman–Crippen LogP) is 6.11. The highest BCUT2D eigenvalue weighted by Crippen LogP contribution is 2.33. The first kappa shape index (κ1) is 25.0. The molecule has 0 fully saturated rings. The van der Waals surface area contributed by atoms with Gasteiger partial charge in [0.25, 0.3) is 5.91 Å². The van der Waals surface area contributed by atoms with Gasteiger partial charge in [-0.3, -0.25) is 9.59 Å². The quantitative estimate of drug-likeness (QED) is 0.332. The molecule has 4 rings (SSSR count). The fourth-order valence-corrected chi connectivity index (χ4v) is 4.13. The average Bonchev–Trinajstić information content (AvgIpc) is 2.83. The maximum Gasteiger partial charge on any atom is 0.416 e. The molecule has 0 radical (unpaired) electrons. The van der Waals surface area contributed by atoms with E-state index < -0.39 is 17.6 Å². The fraction of sp³-hybridized carbons (Fsp3) is 0.214. The number of ketones is 1. The van der Waals surface area contributed by atoms with Gasteiger partial charge in [-0.25, -0.2) is 0 Å². The lowest BCUT2D eigenvalue weighted by atomic mass is 9.85. The van der Waals surface area contributed by atoms with Crippen molar-refractivity contribution < 1.29 is 27.5 Å². The Labute approximate surface area is 207 Å². The second-order valence-corrected chi connectivity index (χ2v) is 9.24. The molecule has 1 aliphatic rings. The highest BCUT2D eigenvalue weighted by molar-refractivity contribution is 6.09. The van der Waals surface area contributed by atoms with Crippen LogP contribution in [-0.4, -0.2) is 24.3 Å². The Kier molecular flexibility index (Phi) is 6.63. The summed E-state index contributed by atoms with van der Waals surface area (Å²) in [7, 11) is 1.59. The zero-order valence-corrected chi connectivity index (χ0v) is 20.0. The predicted molar refractivity (Wildman–Crippen MR) is 132 cm³/mol. The average molecular weight is 495 g/mol. The molecule has 186 valence electrons. The van der Waals surface area contributed by atoms with Gasteiger partial charge in [0, 0.05) is 39.7 Å². The number of hydrogen-bond acceptors (Lipinski definition) is 4. The third kappa shape index (κ3) is 5.59. The number of alkyl halides is 3.